The van der Waals surface area contributed by atoms with Crippen LogP contribution < -0.4 is 10.1 Å². The normalized spacial score (nSPS) is 20.3. The Morgan fingerprint density at radius 3 is 2.82 bits per heavy atom. The largest absolute Gasteiger partial charge is 0.497 e. The Labute approximate surface area is 132 Å². The van der Waals surface area contributed by atoms with E-state index in [1.807, 2.05) is 18.2 Å². The summed E-state index contributed by atoms with van der Waals surface area (Å²) in [5, 5.41) is 3.47. The fraction of sp³-hybridized carbons (Fsp3) is 0.611. The smallest absolute Gasteiger partial charge is 0.222 e. The molecule has 4 heteroatoms. The van der Waals surface area contributed by atoms with Gasteiger partial charge in [-0.3, -0.25) is 4.79 Å². The van der Waals surface area contributed by atoms with E-state index in [1.165, 1.54) is 12.0 Å². The summed E-state index contributed by atoms with van der Waals surface area (Å²) < 4.78 is 5.23. The molecule has 1 aromatic rings. The number of carbonyl (C=O) groups excluding carboxylic acids is 1. The Bertz CT molecular complexity index is 514. The number of nitrogens with zero attached hydrogens (tertiary/aromatic N) is 1. The van der Waals surface area contributed by atoms with Crippen LogP contribution in [-0.4, -0.2) is 44.1 Å². The van der Waals surface area contributed by atoms with Crippen LogP contribution in [-0.2, 0) is 11.2 Å². The zero-order valence-electron chi connectivity index (χ0n) is 13.4. The molecule has 0 bridgehead atoms. The minimum atomic E-state index is 0.295. The van der Waals surface area contributed by atoms with Crippen LogP contribution in [0, 0.1) is 5.41 Å². The molecule has 0 aliphatic carbocycles. The molecule has 3 rings (SSSR count). The van der Waals surface area contributed by atoms with Crippen molar-refractivity contribution in [2.45, 2.75) is 32.1 Å². The molecular weight excluding hydrogens is 276 g/mol. The standard InChI is InChI=1S/C18H26N2O2/c1-22-16-4-2-3-15(13-16)5-6-17(21)20-11-8-18(9-12-20)7-10-19-14-18/h2-4,13,19H,5-12,14H2,1H3. The van der Waals surface area contributed by atoms with Gasteiger partial charge in [0.2, 0.25) is 5.91 Å². The highest BCUT2D eigenvalue weighted by atomic mass is 16.5. The molecule has 2 fully saturated rings. The summed E-state index contributed by atoms with van der Waals surface area (Å²) in [5.74, 6) is 1.15. The molecule has 2 aliphatic heterocycles. The minimum Gasteiger partial charge on any atom is -0.497 e. The van der Waals surface area contributed by atoms with Gasteiger partial charge in [-0.25, -0.2) is 0 Å². The van der Waals surface area contributed by atoms with Crippen molar-refractivity contribution in [3.63, 3.8) is 0 Å². The number of methoxy groups -OCH3 is 1. The van der Waals surface area contributed by atoms with E-state index >= 15 is 0 Å². The third-order valence-electron chi connectivity index (χ3n) is 5.27. The van der Waals surface area contributed by atoms with Gasteiger partial charge in [0.1, 0.15) is 5.75 Å². The lowest BCUT2D eigenvalue weighted by Gasteiger charge is -2.39. The van der Waals surface area contributed by atoms with Crippen molar-refractivity contribution >= 4 is 5.91 Å². The zero-order chi connectivity index (χ0) is 15.4. The first-order valence-corrected chi connectivity index (χ1v) is 8.32. The molecule has 1 N–H and O–H groups in total. The Morgan fingerprint density at radius 2 is 2.14 bits per heavy atom. The van der Waals surface area contributed by atoms with E-state index in [-0.39, 0.29) is 0 Å². The van der Waals surface area contributed by atoms with Gasteiger partial charge in [0.15, 0.2) is 0 Å². The second-order valence-corrected chi connectivity index (χ2v) is 6.66. The number of carbonyl (C=O) groups is 1. The fourth-order valence-corrected chi connectivity index (χ4v) is 3.69. The van der Waals surface area contributed by atoms with Gasteiger partial charge in [-0.15, -0.1) is 0 Å². The van der Waals surface area contributed by atoms with Gasteiger partial charge in [0.25, 0.3) is 0 Å². The molecule has 1 spiro atoms. The summed E-state index contributed by atoms with van der Waals surface area (Å²) in [4.78, 5) is 14.5. The molecule has 0 unspecified atom stereocenters. The topological polar surface area (TPSA) is 41.6 Å². The van der Waals surface area contributed by atoms with E-state index in [9.17, 15) is 4.79 Å². The quantitative estimate of drug-likeness (QED) is 0.927. The summed E-state index contributed by atoms with van der Waals surface area (Å²) >= 11 is 0. The Morgan fingerprint density at radius 1 is 1.32 bits per heavy atom. The number of hydrogen-bond acceptors (Lipinski definition) is 3. The Balaban J connectivity index is 1.48. The van der Waals surface area contributed by atoms with Crippen LogP contribution in [0.1, 0.15) is 31.2 Å². The van der Waals surface area contributed by atoms with E-state index in [1.54, 1.807) is 7.11 Å². The number of rotatable bonds is 4. The molecule has 1 amide bonds. The summed E-state index contributed by atoms with van der Waals surface area (Å²) in [6.07, 6.45) is 4.98. The molecule has 22 heavy (non-hydrogen) atoms. The number of nitrogens with one attached hydrogen (secondary N) is 1. The maximum atomic E-state index is 12.4. The van der Waals surface area contributed by atoms with Gasteiger partial charge in [-0.1, -0.05) is 12.1 Å². The van der Waals surface area contributed by atoms with Gasteiger partial charge in [0, 0.05) is 26.1 Å². The highest BCUT2D eigenvalue weighted by Crippen LogP contribution is 2.37. The number of amides is 1. The summed E-state index contributed by atoms with van der Waals surface area (Å²) in [6, 6.07) is 8.00. The minimum absolute atomic E-state index is 0.295. The van der Waals surface area contributed by atoms with Crippen LogP contribution in [0.3, 0.4) is 0 Å². The van der Waals surface area contributed by atoms with Crippen molar-refractivity contribution in [3.8, 4) is 5.75 Å². The van der Waals surface area contributed by atoms with Gasteiger partial charge in [0.05, 0.1) is 7.11 Å². The molecule has 0 saturated carbocycles. The van der Waals surface area contributed by atoms with Crippen molar-refractivity contribution in [3.05, 3.63) is 29.8 Å². The van der Waals surface area contributed by atoms with Crippen molar-refractivity contribution in [1.29, 1.82) is 0 Å². The van der Waals surface area contributed by atoms with Crippen molar-refractivity contribution in [2.75, 3.05) is 33.3 Å². The lowest BCUT2D eigenvalue weighted by atomic mass is 9.78. The molecule has 0 radical (unpaired) electrons. The van der Waals surface area contributed by atoms with E-state index < -0.39 is 0 Å². The predicted octanol–water partition coefficient (Wildman–Crippen LogP) is 2.23. The average molecular weight is 302 g/mol. The van der Waals surface area contributed by atoms with Crippen LogP contribution in [0.25, 0.3) is 0 Å². The maximum Gasteiger partial charge on any atom is 0.222 e. The molecule has 120 valence electrons. The first-order valence-electron chi connectivity index (χ1n) is 8.32. The molecule has 4 nitrogen and oxygen atoms in total. The van der Waals surface area contributed by atoms with Crippen LogP contribution >= 0.6 is 0 Å². The Kier molecular flexibility index (Phi) is 4.67. The van der Waals surface area contributed by atoms with Gasteiger partial charge >= 0.3 is 0 Å². The third kappa shape index (κ3) is 3.43. The van der Waals surface area contributed by atoms with Crippen LogP contribution in [0.15, 0.2) is 24.3 Å². The molecule has 2 aliphatic rings. The number of aryl methyl sites for hydroxylation is 1. The number of ether oxygens (including phenoxy) is 1. The zero-order valence-corrected chi connectivity index (χ0v) is 13.4. The second-order valence-electron chi connectivity index (χ2n) is 6.66. The Hall–Kier alpha value is -1.55. The van der Waals surface area contributed by atoms with Gasteiger partial charge < -0.3 is 15.0 Å². The number of hydrogen-bond donors (Lipinski definition) is 1. The van der Waals surface area contributed by atoms with Crippen LogP contribution in [0.5, 0.6) is 5.75 Å². The fourth-order valence-electron chi connectivity index (χ4n) is 3.69. The lowest BCUT2D eigenvalue weighted by Crippen LogP contribution is -2.44. The summed E-state index contributed by atoms with van der Waals surface area (Å²) in [5.41, 5.74) is 1.64. The first-order chi connectivity index (χ1) is 10.7. The average Bonchev–Trinajstić information content (AvgIpc) is 3.01. The number of piperidine rings is 1. The summed E-state index contributed by atoms with van der Waals surface area (Å²) in [7, 11) is 1.67. The number of benzene rings is 1. The molecule has 2 saturated heterocycles. The monoisotopic (exact) mass is 302 g/mol. The van der Waals surface area contributed by atoms with Gasteiger partial charge in [-0.2, -0.15) is 0 Å². The summed E-state index contributed by atoms with van der Waals surface area (Å²) in [6.45, 7) is 4.14. The molecule has 0 aromatic heterocycles. The van der Waals surface area contributed by atoms with E-state index in [0.717, 1.165) is 51.2 Å². The molecule has 1 aromatic carbocycles. The molecule has 0 atom stereocenters. The van der Waals surface area contributed by atoms with Crippen molar-refractivity contribution in [1.82, 2.24) is 10.2 Å². The van der Waals surface area contributed by atoms with Gasteiger partial charge in [-0.05, 0) is 55.3 Å². The maximum absolute atomic E-state index is 12.4. The third-order valence-corrected chi connectivity index (χ3v) is 5.27. The first kappa shape index (κ1) is 15.3. The predicted molar refractivity (Wildman–Crippen MR) is 87.0 cm³/mol. The highest BCUT2D eigenvalue weighted by Gasteiger charge is 2.37. The SMILES string of the molecule is COc1cccc(CCC(=O)N2CCC3(CCNC3)CC2)c1. The molecular formula is C18H26N2O2. The lowest BCUT2D eigenvalue weighted by molar-refractivity contribution is -0.133. The highest BCUT2D eigenvalue weighted by molar-refractivity contribution is 5.76. The van der Waals surface area contributed by atoms with Crippen molar-refractivity contribution in [2.24, 2.45) is 5.41 Å². The second kappa shape index (κ2) is 6.69. The number of likely N-dealkylation sites (tertiary alicyclic amines) is 1. The van der Waals surface area contributed by atoms with Crippen LogP contribution in [0.4, 0.5) is 0 Å². The molecule has 2 heterocycles. The van der Waals surface area contributed by atoms with Crippen molar-refractivity contribution < 1.29 is 9.53 Å². The van der Waals surface area contributed by atoms with Crippen LogP contribution in [0.2, 0.25) is 0 Å². The van der Waals surface area contributed by atoms with E-state index in [2.05, 4.69) is 16.3 Å². The van der Waals surface area contributed by atoms with E-state index in [4.69, 9.17) is 4.74 Å². The van der Waals surface area contributed by atoms with E-state index in [0.29, 0.717) is 17.7 Å².